The smallest absolute Gasteiger partial charge is 0.0281 e. The third kappa shape index (κ3) is 1.65. The van der Waals surface area contributed by atoms with Gasteiger partial charge in [-0.3, -0.25) is 0 Å². The minimum absolute atomic E-state index is 0.337. The van der Waals surface area contributed by atoms with E-state index in [1.807, 2.05) is 6.07 Å². The standard InChI is InChI=1S/C20H20/c1-3-14-5-6-18(4-2)19(10-14)20-11-15-7-16(12-20)9-17(8-15)13-20/h1-2,5-6,10,15-17H,7-9,11-13H2. The van der Waals surface area contributed by atoms with Gasteiger partial charge in [-0.15, -0.1) is 12.8 Å². The first-order valence-electron chi connectivity index (χ1n) is 7.80. The van der Waals surface area contributed by atoms with Crippen LogP contribution in [0.3, 0.4) is 0 Å². The van der Waals surface area contributed by atoms with E-state index in [4.69, 9.17) is 12.8 Å². The SMILES string of the molecule is C#Cc1ccc(C#C)c(C23CC4CC(CC(C4)C2)C3)c1. The minimum atomic E-state index is 0.337. The molecule has 4 saturated carbocycles. The van der Waals surface area contributed by atoms with Crippen LogP contribution in [0, 0.1) is 42.4 Å². The summed E-state index contributed by atoms with van der Waals surface area (Å²) in [6.07, 6.45) is 19.7. The fraction of sp³-hybridized carbons (Fsp3) is 0.500. The molecule has 0 heterocycles. The Morgan fingerprint density at radius 1 is 0.900 bits per heavy atom. The van der Waals surface area contributed by atoms with Gasteiger partial charge in [0, 0.05) is 11.1 Å². The monoisotopic (exact) mass is 260 g/mol. The topological polar surface area (TPSA) is 0 Å². The van der Waals surface area contributed by atoms with Gasteiger partial charge in [-0.25, -0.2) is 0 Å². The van der Waals surface area contributed by atoms with Gasteiger partial charge in [0.05, 0.1) is 0 Å². The highest BCUT2D eigenvalue weighted by molar-refractivity contribution is 5.50. The largest absolute Gasteiger partial charge is 0.115 e. The molecule has 20 heavy (non-hydrogen) atoms. The van der Waals surface area contributed by atoms with Crippen LogP contribution in [0.1, 0.15) is 55.2 Å². The van der Waals surface area contributed by atoms with Crippen molar-refractivity contribution in [2.45, 2.75) is 43.9 Å². The van der Waals surface area contributed by atoms with Crippen molar-refractivity contribution in [3.63, 3.8) is 0 Å². The molecule has 0 amide bonds. The van der Waals surface area contributed by atoms with Gasteiger partial charge < -0.3 is 0 Å². The fourth-order valence-electron chi connectivity index (χ4n) is 5.64. The Morgan fingerprint density at radius 2 is 1.50 bits per heavy atom. The van der Waals surface area contributed by atoms with Crippen LogP contribution in [0.15, 0.2) is 18.2 Å². The molecular weight excluding hydrogens is 240 g/mol. The van der Waals surface area contributed by atoms with E-state index in [9.17, 15) is 0 Å². The molecule has 100 valence electrons. The number of terminal acetylenes is 2. The summed E-state index contributed by atoms with van der Waals surface area (Å²) in [5.41, 5.74) is 3.78. The number of hydrogen-bond donors (Lipinski definition) is 0. The average molecular weight is 260 g/mol. The number of rotatable bonds is 1. The van der Waals surface area contributed by atoms with Gasteiger partial charge in [-0.2, -0.15) is 0 Å². The predicted octanol–water partition coefficient (Wildman–Crippen LogP) is 4.12. The second-order valence-corrected chi connectivity index (χ2v) is 7.25. The molecule has 0 radical (unpaired) electrons. The van der Waals surface area contributed by atoms with Crippen molar-refractivity contribution >= 4 is 0 Å². The lowest BCUT2D eigenvalue weighted by Crippen LogP contribution is -2.48. The van der Waals surface area contributed by atoms with E-state index in [0.29, 0.717) is 5.41 Å². The van der Waals surface area contributed by atoms with Crippen LogP contribution >= 0.6 is 0 Å². The first kappa shape index (κ1) is 12.1. The van der Waals surface area contributed by atoms with Crippen LogP contribution < -0.4 is 0 Å². The molecule has 4 aliphatic carbocycles. The summed E-state index contributed by atoms with van der Waals surface area (Å²) in [7, 11) is 0. The molecule has 4 fully saturated rings. The van der Waals surface area contributed by atoms with E-state index in [2.05, 4.69) is 24.0 Å². The van der Waals surface area contributed by atoms with Crippen molar-refractivity contribution in [1.29, 1.82) is 0 Å². The van der Waals surface area contributed by atoms with Crippen LogP contribution in [-0.2, 0) is 5.41 Å². The normalized spacial score (nSPS) is 37.4. The zero-order valence-electron chi connectivity index (χ0n) is 11.9. The van der Waals surface area contributed by atoms with Crippen molar-refractivity contribution in [3.8, 4) is 24.7 Å². The van der Waals surface area contributed by atoms with E-state index in [-0.39, 0.29) is 0 Å². The van der Waals surface area contributed by atoms with Gasteiger partial charge in [-0.1, -0.05) is 11.8 Å². The maximum absolute atomic E-state index is 5.76. The third-order valence-corrected chi connectivity index (χ3v) is 5.95. The Hall–Kier alpha value is -1.66. The summed E-state index contributed by atoms with van der Waals surface area (Å²) in [5.74, 6) is 8.48. The fourth-order valence-corrected chi connectivity index (χ4v) is 5.64. The molecule has 0 spiro atoms. The molecule has 0 nitrogen and oxygen atoms in total. The molecular formula is C20H20. The summed E-state index contributed by atoms with van der Waals surface area (Å²) >= 11 is 0. The molecule has 0 aliphatic heterocycles. The second-order valence-electron chi connectivity index (χ2n) is 7.25. The van der Waals surface area contributed by atoms with Gasteiger partial charge >= 0.3 is 0 Å². The van der Waals surface area contributed by atoms with Crippen molar-refractivity contribution in [3.05, 3.63) is 34.9 Å². The minimum Gasteiger partial charge on any atom is -0.115 e. The van der Waals surface area contributed by atoms with Crippen LogP contribution in [0.25, 0.3) is 0 Å². The molecule has 4 bridgehead atoms. The average Bonchev–Trinajstić information content (AvgIpc) is 2.45. The highest BCUT2D eigenvalue weighted by Crippen LogP contribution is 2.61. The predicted molar refractivity (Wildman–Crippen MR) is 82.2 cm³/mol. The quantitative estimate of drug-likeness (QED) is 0.666. The first-order valence-corrected chi connectivity index (χ1v) is 7.80. The molecule has 0 saturated heterocycles. The van der Waals surface area contributed by atoms with E-state index in [1.165, 1.54) is 44.1 Å². The van der Waals surface area contributed by atoms with Crippen molar-refractivity contribution in [2.24, 2.45) is 17.8 Å². The van der Waals surface area contributed by atoms with Gasteiger partial charge in [-0.05, 0) is 85.5 Å². The maximum atomic E-state index is 5.76. The molecule has 1 aromatic rings. The summed E-state index contributed by atoms with van der Waals surface area (Å²) in [6, 6.07) is 6.25. The van der Waals surface area contributed by atoms with Gasteiger partial charge in [0.1, 0.15) is 0 Å². The first-order chi connectivity index (χ1) is 9.72. The molecule has 0 unspecified atom stereocenters. The zero-order chi connectivity index (χ0) is 13.7. The molecule has 0 N–H and O–H groups in total. The second kappa shape index (κ2) is 4.17. The van der Waals surface area contributed by atoms with Gasteiger partial charge in [0.15, 0.2) is 0 Å². The molecule has 4 aliphatic rings. The highest BCUT2D eigenvalue weighted by Gasteiger charge is 2.52. The zero-order valence-corrected chi connectivity index (χ0v) is 11.9. The van der Waals surface area contributed by atoms with Gasteiger partial charge in [0.2, 0.25) is 0 Å². The Labute approximate surface area is 122 Å². The Balaban J connectivity index is 1.85. The third-order valence-electron chi connectivity index (χ3n) is 5.95. The Kier molecular flexibility index (Phi) is 2.52. The Bertz CT molecular complexity index is 600. The highest BCUT2D eigenvalue weighted by atomic mass is 14.6. The number of hydrogen-bond acceptors (Lipinski definition) is 0. The van der Waals surface area contributed by atoms with E-state index < -0.39 is 0 Å². The van der Waals surface area contributed by atoms with Crippen LogP contribution in [0.5, 0.6) is 0 Å². The number of benzene rings is 1. The molecule has 0 aromatic heterocycles. The summed E-state index contributed by atoms with van der Waals surface area (Å²) in [4.78, 5) is 0. The molecule has 5 rings (SSSR count). The lowest BCUT2D eigenvalue weighted by molar-refractivity contribution is -0.00530. The molecule has 0 atom stereocenters. The molecule has 1 aromatic carbocycles. The summed E-state index contributed by atoms with van der Waals surface area (Å²) < 4.78 is 0. The van der Waals surface area contributed by atoms with Crippen LogP contribution in [0.2, 0.25) is 0 Å². The van der Waals surface area contributed by atoms with Crippen LogP contribution in [-0.4, -0.2) is 0 Å². The van der Waals surface area contributed by atoms with Crippen molar-refractivity contribution in [2.75, 3.05) is 0 Å². The summed E-state index contributed by atoms with van der Waals surface area (Å²) in [5, 5.41) is 0. The molecule has 0 heteroatoms. The summed E-state index contributed by atoms with van der Waals surface area (Å²) in [6.45, 7) is 0. The van der Waals surface area contributed by atoms with Crippen molar-refractivity contribution in [1.82, 2.24) is 0 Å². The van der Waals surface area contributed by atoms with E-state index in [0.717, 1.165) is 28.9 Å². The van der Waals surface area contributed by atoms with E-state index in [1.54, 1.807) is 0 Å². The van der Waals surface area contributed by atoms with Gasteiger partial charge in [0.25, 0.3) is 0 Å². The Morgan fingerprint density at radius 3 is 2.00 bits per heavy atom. The van der Waals surface area contributed by atoms with Crippen molar-refractivity contribution < 1.29 is 0 Å². The lowest BCUT2D eigenvalue weighted by Gasteiger charge is -2.57. The maximum Gasteiger partial charge on any atom is 0.0281 e. The lowest BCUT2D eigenvalue weighted by atomic mass is 9.47. The van der Waals surface area contributed by atoms with E-state index >= 15 is 0 Å². The van der Waals surface area contributed by atoms with Crippen LogP contribution in [0.4, 0.5) is 0 Å².